The van der Waals surface area contributed by atoms with E-state index in [1.807, 2.05) is 91.0 Å². The van der Waals surface area contributed by atoms with Gasteiger partial charge in [0.05, 0.1) is 32.0 Å². The van der Waals surface area contributed by atoms with Crippen LogP contribution in [0, 0.1) is 0 Å². The van der Waals surface area contributed by atoms with Crippen molar-refractivity contribution in [2.24, 2.45) is 0 Å². The molecule has 0 heterocycles. The molecular weight excluding hydrogens is 424 g/mol. The van der Waals surface area contributed by atoms with Crippen LogP contribution >= 0.6 is 11.6 Å². The highest BCUT2D eigenvalue weighted by Crippen LogP contribution is 2.38. The van der Waals surface area contributed by atoms with Gasteiger partial charge in [-0.25, -0.2) is 0 Å². The first kappa shape index (κ1) is 22.6. The van der Waals surface area contributed by atoms with Gasteiger partial charge in [-0.2, -0.15) is 0 Å². The maximum absolute atomic E-state index is 6.73. The van der Waals surface area contributed by atoms with Gasteiger partial charge in [-0.1, -0.05) is 103 Å². The minimum absolute atomic E-state index is 0.412. The van der Waals surface area contributed by atoms with Gasteiger partial charge >= 0.3 is 0 Å². The van der Waals surface area contributed by atoms with Gasteiger partial charge in [0.25, 0.3) is 0 Å². The fourth-order valence-electron chi connectivity index (χ4n) is 3.74. The third kappa shape index (κ3) is 5.59. The van der Waals surface area contributed by atoms with E-state index in [-0.39, 0.29) is 0 Å². The van der Waals surface area contributed by atoms with Gasteiger partial charge in [-0.3, -0.25) is 0 Å². The molecule has 32 heavy (non-hydrogen) atoms. The lowest BCUT2D eigenvalue weighted by atomic mass is 10.1. The van der Waals surface area contributed by atoms with Crippen LogP contribution < -0.4 is 0 Å². The number of hydrogen-bond acceptors (Lipinski definition) is 4. The second-order valence-corrected chi connectivity index (χ2v) is 8.02. The molecular formula is C27H27ClO4. The number of benzene rings is 3. The second-order valence-electron chi connectivity index (χ2n) is 7.61. The first-order chi connectivity index (χ1) is 15.8. The third-order valence-corrected chi connectivity index (χ3v) is 5.79. The van der Waals surface area contributed by atoms with E-state index in [1.165, 1.54) is 0 Å². The maximum atomic E-state index is 6.73. The summed E-state index contributed by atoms with van der Waals surface area (Å²) in [5.74, 6) is 0.554. The van der Waals surface area contributed by atoms with Crippen molar-refractivity contribution in [3.63, 3.8) is 0 Å². The molecule has 0 amide bonds. The van der Waals surface area contributed by atoms with Crippen LogP contribution in [0.25, 0.3) is 0 Å². The normalized spacial score (nSPS) is 20.5. The van der Waals surface area contributed by atoms with Crippen LogP contribution in [0.3, 0.4) is 0 Å². The van der Waals surface area contributed by atoms with Crippen LogP contribution in [-0.4, -0.2) is 25.4 Å². The molecule has 0 aliphatic heterocycles. The van der Waals surface area contributed by atoms with Crippen molar-refractivity contribution in [1.82, 2.24) is 0 Å². The van der Waals surface area contributed by atoms with Gasteiger partial charge in [-0.05, 0) is 16.7 Å². The average Bonchev–Trinajstić information content (AvgIpc) is 3.11. The molecule has 1 aliphatic rings. The summed E-state index contributed by atoms with van der Waals surface area (Å²) < 4.78 is 24.5. The van der Waals surface area contributed by atoms with E-state index >= 15 is 0 Å². The zero-order chi connectivity index (χ0) is 22.2. The molecule has 0 spiro atoms. The van der Waals surface area contributed by atoms with E-state index in [2.05, 4.69) is 0 Å². The van der Waals surface area contributed by atoms with Crippen LogP contribution in [0.4, 0.5) is 0 Å². The summed E-state index contributed by atoms with van der Waals surface area (Å²) in [6.07, 6.45) is -1.40. The predicted octanol–water partition coefficient (Wildman–Crippen LogP) is 5.85. The zero-order valence-electron chi connectivity index (χ0n) is 18.0. The number of methoxy groups -OCH3 is 1. The molecule has 0 radical (unpaired) electrons. The molecule has 0 aromatic heterocycles. The molecule has 3 atom stereocenters. The Morgan fingerprint density at radius 1 is 0.594 bits per heavy atom. The van der Waals surface area contributed by atoms with Crippen molar-refractivity contribution in [2.45, 2.75) is 38.1 Å². The van der Waals surface area contributed by atoms with Gasteiger partial charge < -0.3 is 18.9 Å². The van der Waals surface area contributed by atoms with Crippen molar-refractivity contribution in [3.8, 4) is 0 Å². The predicted molar refractivity (Wildman–Crippen MR) is 125 cm³/mol. The molecule has 4 rings (SSSR count). The lowest BCUT2D eigenvalue weighted by Crippen LogP contribution is -2.38. The third-order valence-electron chi connectivity index (χ3n) is 5.39. The standard InChI is InChI=1S/C27H27ClO4/c1-29-24-23(28)25(30-17-20-11-5-2-6-12-20)27(32-19-22-15-9-4-10-16-22)26(24)31-18-21-13-7-3-8-14-21/h2-16,25-27H,17-19H2,1H3/t25-,26+,27-/m1/s1. The molecule has 0 unspecified atom stereocenters. The lowest BCUT2D eigenvalue weighted by molar-refractivity contribution is -0.123. The number of rotatable bonds is 10. The van der Waals surface area contributed by atoms with Crippen LogP contribution in [0.2, 0.25) is 0 Å². The fourth-order valence-corrected chi connectivity index (χ4v) is 4.11. The highest BCUT2D eigenvalue weighted by molar-refractivity contribution is 6.30. The molecule has 5 heteroatoms. The van der Waals surface area contributed by atoms with E-state index in [0.717, 1.165) is 16.7 Å². The quantitative estimate of drug-likeness (QED) is 0.388. The highest BCUT2D eigenvalue weighted by atomic mass is 35.5. The Morgan fingerprint density at radius 2 is 1.00 bits per heavy atom. The number of hydrogen-bond donors (Lipinski definition) is 0. The van der Waals surface area contributed by atoms with Crippen LogP contribution in [0.15, 0.2) is 102 Å². The fraction of sp³-hybridized carbons (Fsp3) is 0.259. The monoisotopic (exact) mass is 450 g/mol. The Kier molecular flexibility index (Phi) is 7.97. The van der Waals surface area contributed by atoms with Crippen molar-refractivity contribution in [1.29, 1.82) is 0 Å². The summed E-state index contributed by atoms with van der Waals surface area (Å²) in [6.45, 7) is 1.25. The van der Waals surface area contributed by atoms with E-state index in [9.17, 15) is 0 Å². The summed E-state index contributed by atoms with van der Waals surface area (Å²) in [5.41, 5.74) is 3.19. The maximum Gasteiger partial charge on any atom is 0.145 e. The molecule has 1 aliphatic carbocycles. The van der Waals surface area contributed by atoms with E-state index in [0.29, 0.717) is 30.6 Å². The van der Waals surface area contributed by atoms with Crippen molar-refractivity contribution in [2.75, 3.05) is 7.11 Å². The summed E-state index contributed by atoms with van der Waals surface area (Å²) >= 11 is 6.73. The summed E-state index contributed by atoms with van der Waals surface area (Å²) in [5, 5.41) is 0.486. The van der Waals surface area contributed by atoms with Crippen LogP contribution in [0.1, 0.15) is 16.7 Å². The molecule has 4 nitrogen and oxygen atoms in total. The Hall–Kier alpha value is -2.63. The zero-order valence-corrected chi connectivity index (χ0v) is 18.8. The van der Waals surface area contributed by atoms with Gasteiger partial charge in [0, 0.05) is 0 Å². The lowest BCUT2D eigenvalue weighted by Gasteiger charge is -2.27. The van der Waals surface area contributed by atoms with Crippen LogP contribution in [0.5, 0.6) is 0 Å². The largest absolute Gasteiger partial charge is 0.497 e. The Bertz CT molecular complexity index is 992. The Balaban J connectivity index is 1.53. The number of ether oxygens (including phenoxy) is 4. The smallest absolute Gasteiger partial charge is 0.145 e. The molecule has 0 N–H and O–H groups in total. The van der Waals surface area contributed by atoms with Gasteiger partial charge in [0.15, 0.2) is 0 Å². The first-order valence-corrected chi connectivity index (χ1v) is 11.0. The minimum Gasteiger partial charge on any atom is -0.497 e. The molecule has 0 bridgehead atoms. The Morgan fingerprint density at radius 3 is 1.44 bits per heavy atom. The molecule has 0 fully saturated rings. The van der Waals surface area contributed by atoms with Gasteiger partial charge in [0.2, 0.25) is 0 Å². The van der Waals surface area contributed by atoms with E-state index in [1.54, 1.807) is 7.11 Å². The second kappa shape index (κ2) is 11.3. The SMILES string of the molecule is COC1=C(Cl)[C@@H](OCc2ccccc2)[C@@H](OCc2ccccc2)[C@H]1OCc1ccccc1. The van der Waals surface area contributed by atoms with Gasteiger partial charge in [0.1, 0.15) is 24.1 Å². The van der Waals surface area contributed by atoms with Crippen molar-refractivity contribution < 1.29 is 18.9 Å². The topological polar surface area (TPSA) is 36.9 Å². The van der Waals surface area contributed by atoms with Crippen LogP contribution in [-0.2, 0) is 38.8 Å². The molecule has 3 aromatic rings. The molecule has 0 saturated heterocycles. The minimum atomic E-state index is -0.490. The average molecular weight is 451 g/mol. The van der Waals surface area contributed by atoms with E-state index < -0.39 is 18.3 Å². The molecule has 3 aromatic carbocycles. The molecule has 166 valence electrons. The number of halogens is 1. The van der Waals surface area contributed by atoms with E-state index in [4.69, 9.17) is 30.5 Å². The van der Waals surface area contributed by atoms with Crippen molar-refractivity contribution in [3.05, 3.63) is 118 Å². The summed E-state index contributed by atoms with van der Waals surface area (Å²) in [6, 6.07) is 30.0. The summed E-state index contributed by atoms with van der Waals surface area (Å²) in [4.78, 5) is 0. The van der Waals surface area contributed by atoms with Crippen molar-refractivity contribution >= 4 is 11.6 Å². The highest BCUT2D eigenvalue weighted by Gasteiger charge is 2.46. The van der Waals surface area contributed by atoms with Gasteiger partial charge in [-0.15, -0.1) is 0 Å². The Labute approximate surface area is 194 Å². The molecule has 0 saturated carbocycles. The first-order valence-electron chi connectivity index (χ1n) is 10.7. The summed E-state index contributed by atoms with van der Waals surface area (Å²) in [7, 11) is 1.60.